The number of carbonyl (C=O) groups excluding carboxylic acids is 10. The fraction of sp³-hybridized carbons (Fsp3) is 0.548. The van der Waals surface area contributed by atoms with Crippen LogP contribution >= 0.6 is 0 Å². The van der Waals surface area contributed by atoms with E-state index in [2.05, 4.69) is 10.6 Å². The van der Waals surface area contributed by atoms with Gasteiger partial charge < -0.3 is 39.1 Å². The lowest BCUT2D eigenvalue weighted by atomic mass is 9.74. The average Bonchev–Trinajstić information content (AvgIpc) is 3.38. The Morgan fingerprint density at radius 1 is 0.438 bits per heavy atom. The van der Waals surface area contributed by atoms with Crippen LogP contribution in [0.15, 0.2) is 72.8 Å². The van der Waals surface area contributed by atoms with Crippen LogP contribution in [0.1, 0.15) is 190 Å². The smallest absolute Gasteiger partial charge is 0.407 e. The Labute approximate surface area is 471 Å². The highest BCUT2D eigenvalue weighted by molar-refractivity contribution is 6.17. The zero-order valence-electron chi connectivity index (χ0n) is 48.9. The molecule has 0 aliphatic heterocycles. The van der Waals surface area contributed by atoms with Crippen molar-refractivity contribution in [2.75, 3.05) is 39.6 Å². The molecule has 0 aliphatic carbocycles. The molecule has 0 atom stereocenters. The molecule has 3 aromatic carbocycles. The molecule has 438 valence electrons. The van der Waals surface area contributed by atoms with Gasteiger partial charge in [-0.3, -0.25) is 33.6 Å². The highest BCUT2D eigenvalue weighted by Crippen LogP contribution is 2.35. The van der Waals surface area contributed by atoms with Crippen molar-refractivity contribution in [1.82, 2.24) is 10.6 Å². The van der Waals surface area contributed by atoms with Gasteiger partial charge in [0.15, 0.2) is 11.7 Å². The lowest BCUT2D eigenvalue weighted by Gasteiger charge is -2.31. The van der Waals surface area contributed by atoms with Crippen LogP contribution in [0.3, 0.4) is 0 Å². The van der Waals surface area contributed by atoms with E-state index in [9.17, 15) is 47.9 Å². The van der Waals surface area contributed by atoms with Crippen LogP contribution in [0.25, 0.3) is 0 Å². The summed E-state index contributed by atoms with van der Waals surface area (Å²) < 4.78 is 31.8. The van der Waals surface area contributed by atoms with Gasteiger partial charge in [0.1, 0.15) is 11.6 Å². The Morgan fingerprint density at radius 2 is 0.812 bits per heavy atom. The van der Waals surface area contributed by atoms with E-state index < -0.39 is 87.0 Å². The number of benzene rings is 3. The van der Waals surface area contributed by atoms with Crippen molar-refractivity contribution in [2.45, 2.75) is 169 Å². The van der Waals surface area contributed by atoms with Crippen molar-refractivity contribution in [3.05, 3.63) is 106 Å². The Kier molecular flexibility index (Phi) is 26.4. The predicted octanol–water partition coefficient (Wildman–Crippen LogP) is 9.82. The molecule has 2 amide bonds. The van der Waals surface area contributed by atoms with E-state index in [-0.39, 0.29) is 58.5 Å². The van der Waals surface area contributed by atoms with Crippen molar-refractivity contribution in [3.8, 4) is 0 Å². The molecule has 18 heteroatoms. The Balaban J connectivity index is 1.29. The molecule has 3 aromatic rings. The van der Waals surface area contributed by atoms with Crippen LogP contribution in [-0.2, 0) is 83.9 Å². The molecule has 0 heterocycles. The molecule has 0 saturated heterocycles. The second kappa shape index (κ2) is 31.5. The van der Waals surface area contributed by atoms with Gasteiger partial charge in [0.25, 0.3) is 0 Å². The second-order valence-electron chi connectivity index (χ2n) is 22.2. The highest BCUT2D eigenvalue weighted by atomic mass is 16.6. The summed E-state index contributed by atoms with van der Waals surface area (Å²) in [4.78, 5) is 126. The molecule has 0 spiro atoms. The molecular weight excluding hydrogens is 1030 g/mol. The predicted molar refractivity (Wildman–Crippen MR) is 298 cm³/mol. The molecule has 0 fully saturated rings. The van der Waals surface area contributed by atoms with E-state index >= 15 is 0 Å². The molecule has 18 nitrogen and oxygen atoms in total. The maximum Gasteiger partial charge on any atom is 0.407 e. The normalized spacial score (nSPS) is 11.8. The number of ether oxygens (including phenoxy) is 6. The first kappa shape index (κ1) is 67.0. The topological polar surface area (TPSA) is 250 Å². The highest BCUT2D eigenvalue weighted by Gasteiger charge is 2.40. The Bertz CT molecular complexity index is 2600. The van der Waals surface area contributed by atoms with Gasteiger partial charge in [-0.15, -0.1) is 0 Å². The summed E-state index contributed by atoms with van der Waals surface area (Å²) in [5.41, 5.74) is 0.531. The van der Waals surface area contributed by atoms with Crippen molar-refractivity contribution >= 4 is 59.2 Å². The van der Waals surface area contributed by atoms with E-state index in [1.54, 1.807) is 33.8 Å². The van der Waals surface area contributed by atoms with Crippen molar-refractivity contribution in [3.63, 3.8) is 0 Å². The maximum atomic E-state index is 13.3. The van der Waals surface area contributed by atoms with Gasteiger partial charge >= 0.3 is 35.9 Å². The van der Waals surface area contributed by atoms with Crippen LogP contribution in [0.4, 0.5) is 4.79 Å². The number of unbranched alkanes of at least 4 members (excludes halogenated alkanes) is 6. The molecule has 0 aliphatic rings. The van der Waals surface area contributed by atoms with Crippen LogP contribution in [0, 0.1) is 11.8 Å². The first-order valence-electron chi connectivity index (χ1n) is 27.5. The minimum absolute atomic E-state index is 0.0139. The summed E-state index contributed by atoms with van der Waals surface area (Å²) in [6, 6.07) is 20.9. The summed E-state index contributed by atoms with van der Waals surface area (Å²) in [5, 5.41) is 5.68. The molecule has 0 radical (unpaired) electrons. The van der Waals surface area contributed by atoms with Crippen molar-refractivity contribution < 1.29 is 76.4 Å². The van der Waals surface area contributed by atoms with Gasteiger partial charge in [-0.05, 0) is 159 Å². The zero-order chi connectivity index (χ0) is 59.8. The number of rotatable bonds is 34. The number of alkyl carbamates (subject to hydrolysis) is 1. The van der Waals surface area contributed by atoms with E-state index in [0.29, 0.717) is 42.4 Å². The summed E-state index contributed by atoms with van der Waals surface area (Å²) in [5.74, 6) is -8.64. The third kappa shape index (κ3) is 21.4. The summed E-state index contributed by atoms with van der Waals surface area (Å²) in [7, 11) is 0. The number of nitrogens with one attached hydrogen (secondary N) is 2. The average molecular weight is 1110 g/mol. The summed E-state index contributed by atoms with van der Waals surface area (Å²) >= 11 is 0. The number of carbonyl (C=O) groups is 10. The number of ketones is 3. The Morgan fingerprint density at radius 3 is 1.24 bits per heavy atom. The number of hydrogen-bond donors (Lipinski definition) is 2. The first-order chi connectivity index (χ1) is 37.6. The third-order valence-electron chi connectivity index (χ3n) is 13.6. The second-order valence-corrected chi connectivity index (χ2v) is 22.2. The summed E-state index contributed by atoms with van der Waals surface area (Å²) in [6.45, 7) is 21.2. The molecule has 0 saturated carbocycles. The number of hydrogen-bond acceptors (Lipinski definition) is 16. The lowest BCUT2D eigenvalue weighted by molar-refractivity contribution is -0.164. The van der Waals surface area contributed by atoms with Crippen molar-refractivity contribution in [2.24, 2.45) is 11.8 Å². The van der Waals surface area contributed by atoms with Crippen molar-refractivity contribution in [1.29, 1.82) is 0 Å². The van der Waals surface area contributed by atoms with E-state index in [1.165, 1.54) is 38.1 Å². The van der Waals surface area contributed by atoms with Crippen LogP contribution < -0.4 is 10.6 Å². The molecule has 80 heavy (non-hydrogen) atoms. The maximum absolute atomic E-state index is 13.3. The Hall–Kier alpha value is -7.24. The van der Waals surface area contributed by atoms with Crippen LogP contribution in [-0.4, -0.2) is 98.8 Å². The van der Waals surface area contributed by atoms with Crippen LogP contribution in [0.5, 0.6) is 0 Å². The van der Waals surface area contributed by atoms with Gasteiger partial charge in [0.2, 0.25) is 11.8 Å². The quantitative estimate of drug-likeness (QED) is 0.0244. The minimum atomic E-state index is -1.67. The largest absolute Gasteiger partial charge is 0.466 e. The third-order valence-corrected chi connectivity index (χ3v) is 13.6. The van der Waals surface area contributed by atoms with Gasteiger partial charge in [0.05, 0.1) is 68.3 Å². The summed E-state index contributed by atoms with van der Waals surface area (Å²) in [6.07, 6.45) is 4.79. The minimum Gasteiger partial charge on any atom is -0.466 e. The van der Waals surface area contributed by atoms with Crippen LogP contribution in [0.2, 0.25) is 0 Å². The van der Waals surface area contributed by atoms with Gasteiger partial charge in [-0.2, -0.15) is 0 Å². The van der Waals surface area contributed by atoms with Gasteiger partial charge in [-0.25, -0.2) is 14.4 Å². The standard InChI is InChI=1S/C62H84N2O16/c1-13-75-56(72)52(57(73)76-14-2)49(67)39-59(5,6)45-25-23-26-46(37-45)60(7,8)40-50(68)77-33-19-15-16-20-34-78-54(70)43-29-31-44(32-30-43)55(71)79-35-21-17-18-22-36-80-58(74)64-62(11,12)48-28-24-27-47(38-48)61(9,10)63-53(69)51(41(3)65)42(4)66/h23-32,37-38,51-52H,13-22,33-36,39-40H2,1-12H3,(H,63,69)(H,64,74). The number of Topliss-reactive ketones (excluding diaryl/α,β-unsaturated/α-hetero) is 3. The molecular formula is C62H84N2O16. The molecule has 0 bridgehead atoms. The van der Waals surface area contributed by atoms with Gasteiger partial charge in [-0.1, -0.05) is 76.2 Å². The molecule has 2 N–H and O–H groups in total. The zero-order valence-corrected chi connectivity index (χ0v) is 48.9. The molecule has 3 rings (SSSR count). The fourth-order valence-corrected chi connectivity index (χ4v) is 8.80. The first-order valence-corrected chi connectivity index (χ1v) is 27.5. The van der Waals surface area contributed by atoms with E-state index in [4.69, 9.17) is 28.4 Å². The fourth-order valence-electron chi connectivity index (χ4n) is 8.80. The number of amides is 2. The van der Waals surface area contributed by atoms with Gasteiger partial charge in [0, 0.05) is 11.8 Å². The molecule has 0 aromatic heterocycles. The SMILES string of the molecule is CCOC(=O)C(C(=O)CC(C)(C)c1cccc(C(C)(C)CC(=O)OCCCCCCOC(=O)c2ccc(C(=O)OCCCCCCOC(=O)NC(C)(C)c3cccc(C(C)(C)NC(=O)C(C(C)=O)C(C)=O)c3)cc2)c1)C(=O)OCC. The van der Waals surface area contributed by atoms with E-state index in [0.717, 1.165) is 42.4 Å². The monoisotopic (exact) mass is 1110 g/mol. The number of esters is 5. The lowest BCUT2D eigenvalue weighted by Crippen LogP contribution is -2.47. The van der Waals surface area contributed by atoms with E-state index in [1.807, 2.05) is 84.0 Å². The molecule has 0 unspecified atom stereocenters.